The van der Waals surface area contributed by atoms with Crippen LogP contribution in [0.5, 0.6) is 0 Å². The Labute approximate surface area is 95.3 Å². The number of aliphatic imine (C=N–C) groups is 1. The molecule has 0 aromatic carbocycles. The zero-order valence-corrected chi connectivity index (χ0v) is 10.2. The smallest absolute Gasteiger partial charge is 0.239 e. The van der Waals surface area contributed by atoms with E-state index in [2.05, 4.69) is 22.5 Å². The van der Waals surface area contributed by atoms with Crippen LogP contribution in [0.15, 0.2) is 4.99 Å². The Morgan fingerprint density at radius 3 is 3.00 bits per heavy atom. The number of nitrogens with one attached hydrogen (secondary N) is 2. The summed E-state index contributed by atoms with van der Waals surface area (Å²) in [6.45, 7) is 6.15. The molecule has 0 aromatic heterocycles. The summed E-state index contributed by atoms with van der Waals surface area (Å²) in [7, 11) is 0. The van der Waals surface area contributed by atoms with Crippen LogP contribution in [-0.4, -0.2) is 36.0 Å². The van der Waals surface area contributed by atoms with Crippen LogP contribution in [0.4, 0.5) is 0 Å². The number of thioether (sulfide) groups is 1. The van der Waals surface area contributed by atoms with Gasteiger partial charge in [-0.1, -0.05) is 25.6 Å². The van der Waals surface area contributed by atoms with E-state index in [4.69, 9.17) is 0 Å². The van der Waals surface area contributed by atoms with Crippen LogP contribution in [0.2, 0.25) is 0 Å². The van der Waals surface area contributed by atoms with Gasteiger partial charge in [-0.15, -0.1) is 0 Å². The van der Waals surface area contributed by atoms with Crippen molar-refractivity contribution in [2.45, 2.75) is 31.9 Å². The lowest BCUT2D eigenvalue weighted by Crippen LogP contribution is -2.35. The summed E-state index contributed by atoms with van der Waals surface area (Å²) < 4.78 is 0. The zero-order valence-electron chi connectivity index (χ0n) is 9.38. The molecule has 0 saturated heterocycles. The quantitative estimate of drug-likeness (QED) is 0.739. The van der Waals surface area contributed by atoms with Crippen LogP contribution in [0.25, 0.3) is 0 Å². The van der Waals surface area contributed by atoms with Crippen molar-refractivity contribution in [2.75, 3.05) is 19.6 Å². The summed E-state index contributed by atoms with van der Waals surface area (Å²) in [6, 6.07) is 0. The summed E-state index contributed by atoms with van der Waals surface area (Å²) >= 11 is 1.74. The van der Waals surface area contributed by atoms with E-state index in [1.165, 1.54) is 0 Å². The third-order valence-electron chi connectivity index (χ3n) is 2.14. The maximum absolute atomic E-state index is 11.3. The number of amidine groups is 1. The molecule has 0 saturated carbocycles. The number of carbonyl (C=O) groups excluding carboxylic acids is 1. The molecule has 15 heavy (non-hydrogen) atoms. The first-order valence-electron chi connectivity index (χ1n) is 5.48. The molecule has 0 radical (unpaired) electrons. The van der Waals surface area contributed by atoms with Crippen molar-refractivity contribution in [2.24, 2.45) is 4.99 Å². The zero-order chi connectivity index (χ0) is 11.1. The van der Waals surface area contributed by atoms with Gasteiger partial charge >= 0.3 is 0 Å². The fourth-order valence-electron chi connectivity index (χ4n) is 1.21. The van der Waals surface area contributed by atoms with E-state index >= 15 is 0 Å². The summed E-state index contributed by atoms with van der Waals surface area (Å²) in [5, 5.41) is 7.37. The second-order valence-corrected chi connectivity index (χ2v) is 4.79. The van der Waals surface area contributed by atoms with E-state index in [1.807, 2.05) is 6.92 Å². The molecule has 1 aliphatic rings. The first-order chi connectivity index (χ1) is 7.26. The van der Waals surface area contributed by atoms with Gasteiger partial charge < -0.3 is 10.6 Å². The van der Waals surface area contributed by atoms with Gasteiger partial charge in [-0.2, -0.15) is 0 Å². The van der Waals surface area contributed by atoms with Gasteiger partial charge in [-0.05, 0) is 12.8 Å². The topological polar surface area (TPSA) is 53.5 Å². The number of rotatable bonds is 5. The molecule has 1 rings (SSSR count). The highest BCUT2D eigenvalue weighted by molar-refractivity contribution is 8.14. The molecular formula is C10H19N3OS. The predicted molar refractivity (Wildman–Crippen MR) is 65.3 cm³/mol. The fourth-order valence-corrected chi connectivity index (χ4v) is 2.15. The lowest BCUT2D eigenvalue weighted by atomic mass is 10.3. The van der Waals surface area contributed by atoms with Gasteiger partial charge in [-0.3, -0.25) is 9.79 Å². The molecule has 1 aliphatic heterocycles. The Balaban J connectivity index is 2.13. The van der Waals surface area contributed by atoms with Crippen molar-refractivity contribution >= 4 is 22.8 Å². The van der Waals surface area contributed by atoms with E-state index in [-0.39, 0.29) is 5.91 Å². The van der Waals surface area contributed by atoms with Gasteiger partial charge in [0.05, 0.1) is 13.1 Å². The summed E-state index contributed by atoms with van der Waals surface area (Å²) in [5.74, 6) is 0.0418. The highest BCUT2D eigenvalue weighted by Gasteiger charge is 2.17. The largest absolute Gasteiger partial charge is 0.356 e. The molecule has 5 heteroatoms. The number of nitrogens with zero attached hydrogens (tertiary/aromatic N) is 1. The minimum Gasteiger partial charge on any atom is -0.356 e. The molecule has 2 N–H and O–H groups in total. The average Bonchev–Trinajstić information content (AvgIpc) is 2.71. The van der Waals surface area contributed by atoms with Crippen LogP contribution in [0.3, 0.4) is 0 Å². The van der Waals surface area contributed by atoms with Gasteiger partial charge in [0.25, 0.3) is 0 Å². The SMILES string of the molecule is CCCNC(=O)CNC1=NCC(CC)S1. The van der Waals surface area contributed by atoms with E-state index < -0.39 is 0 Å². The van der Waals surface area contributed by atoms with E-state index in [1.54, 1.807) is 11.8 Å². The standard InChI is InChI=1S/C10H19N3OS/c1-3-5-11-9(14)7-13-10-12-6-8(4-2)15-10/h8H,3-7H2,1-2H3,(H,11,14)(H,12,13). The highest BCUT2D eigenvalue weighted by atomic mass is 32.2. The second kappa shape index (κ2) is 6.71. The number of amides is 1. The lowest BCUT2D eigenvalue weighted by Gasteiger charge is -2.07. The van der Waals surface area contributed by atoms with Gasteiger partial charge in [0.2, 0.25) is 5.91 Å². The Kier molecular flexibility index (Phi) is 5.53. The molecule has 86 valence electrons. The Morgan fingerprint density at radius 1 is 1.60 bits per heavy atom. The average molecular weight is 229 g/mol. The molecule has 0 spiro atoms. The van der Waals surface area contributed by atoms with Gasteiger partial charge in [-0.25, -0.2) is 0 Å². The fraction of sp³-hybridized carbons (Fsp3) is 0.800. The molecule has 1 unspecified atom stereocenters. The maximum Gasteiger partial charge on any atom is 0.239 e. The van der Waals surface area contributed by atoms with Crippen molar-refractivity contribution in [1.29, 1.82) is 0 Å². The molecule has 0 fully saturated rings. The molecule has 1 amide bonds. The minimum atomic E-state index is 0.0418. The van der Waals surface area contributed by atoms with Crippen molar-refractivity contribution < 1.29 is 4.79 Å². The first-order valence-corrected chi connectivity index (χ1v) is 6.35. The molecule has 4 nitrogen and oxygen atoms in total. The van der Waals surface area contributed by atoms with Crippen LogP contribution in [0, 0.1) is 0 Å². The Morgan fingerprint density at radius 2 is 2.40 bits per heavy atom. The number of hydrogen-bond donors (Lipinski definition) is 2. The van der Waals surface area contributed by atoms with Crippen LogP contribution in [0.1, 0.15) is 26.7 Å². The van der Waals surface area contributed by atoms with Gasteiger partial charge in [0, 0.05) is 11.8 Å². The molecule has 0 bridgehead atoms. The molecule has 0 aliphatic carbocycles. The first kappa shape index (κ1) is 12.4. The maximum atomic E-state index is 11.3. The van der Waals surface area contributed by atoms with Crippen molar-refractivity contribution in [3.63, 3.8) is 0 Å². The van der Waals surface area contributed by atoms with Gasteiger partial charge in [0.1, 0.15) is 0 Å². The summed E-state index contributed by atoms with van der Waals surface area (Å²) in [6.07, 6.45) is 2.10. The number of hydrogen-bond acceptors (Lipinski definition) is 4. The Bertz CT molecular complexity index is 243. The lowest BCUT2D eigenvalue weighted by molar-refractivity contribution is -0.119. The molecule has 0 aromatic rings. The van der Waals surface area contributed by atoms with Crippen molar-refractivity contribution in [3.05, 3.63) is 0 Å². The third kappa shape index (κ3) is 4.55. The molecule has 1 heterocycles. The summed E-state index contributed by atoms with van der Waals surface area (Å²) in [4.78, 5) is 15.6. The van der Waals surface area contributed by atoms with E-state index in [0.717, 1.165) is 31.1 Å². The van der Waals surface area contributed by atoms with Crippen molar-refractivity contribution in [3.8, 4) is 0 Å². The van der Waals surface area contributed by atoms with Crippen LogP contribution in [-0.2, 0) is 4.79 Å². The number of carbonyl (C=O) groups is 1. The van der Waals surface area contributed by atoms with Crippen LogP contribution < -0.4 is 10.6 Å². The van der Waals surface area contributed by atoms with Gasteiger partial charge in [0.15, 0.2) is 5.17 Å². The minimum absolute atomic E-state index is 0.0418. The molecule has 1 atom stereocenters. The van der Waals surface area contributed by atoms with E-state index in [0.29, 0.717) is 11.8 Å². The third-order valence-corrected chi connectivity index (χ3v) is 3.46. The summed E-state index contributed by atoms with van der Waals surface area (Å²) in [5.41, 5.74) is 0. The molecular weight excluding hydrogens is 210 g/mol. The highest BCUT2D eigenvalue weighted by Crippen LogP contribution is 2.21. The normalized spacial score (nSPS) is 19.9. The van der Waals surface area contributed by atoms with Crippen LogP contribution >= 0.6 is 11.8 Å². The monoisotopic (exact) mass is 229 g/mol. The van der Waals surface area contributed by atoms with Crippen molar-refractivity contribution in [1.82, 2.24) is 10.6 Å². The Hall–Kier alpha value is -0.710. The van der Waals surface area contributed by atoms with E-state index in [9.17, 15) is 4.79 Å². The second-order valence-electron chi connectivity index (χ2n) is 3.50. The predicted octanol–water partition coefficient (Wildman–Crippen LogP) is 0.984.